The van der Waals surface area contributed by atoms with E-state index in [0.29, 0.717) is 0 Å². The molecule has 2 rings (SSSR count). The van der Waals surface area contributed by atoms with Crippen molar-refractivity contribution in [3.8, 4) is 11.1 Å². The minimum absolute atomic E-state index is 0.0447. The molecule has 0 fully saturated rings. The summed E-state index contributed by atoms with van der Waals surface area (Å²) in [5.41, 5.74) is 0.456. The van der Waals surface area contributed by atoms with Crippen LogP contribution in [0.4, 0.5) is 8.78 Å². The lowest BCUT2D eigenvalue weighted by atomic mass is 10.00. The van der Waals surface area contributed by atoms with Gasteiger partial charge in [-0.1, -0.05) is 24.3 Å². The van der Waals surface area contributed by atoms with Gasteiger partial charge in [-0.2, -0.15) is 0 Å². The van der Waals surface area contributed by atoms with Gasteiger partial charge in [-0.3, -0.25) is 4.79 Å². The molecule has 0 aliphatic carbocycles. The van der Waals surface area contributed by atoms with E-state index in [1.807, 2.05) is 0 Å². The second kappa shape index (κ2) is 4.63. The Morgan fingerprint density at radius 1 is 1.00 bits per heavy atom. The molecule has 0 aromatic heterocycles. The highest BCUT2D eigenvalue weighted by Gasteiger charge is 2.14. The third-order valence-electron chi connectivity index (χ3n) is 2.36. The van der Waals surface area contributed by atoms with Crippen LogP contribution in [0.15, 0.2) is 42.5 Å². The number of hydrogen-bond donors (Lipinski definition) is 0. The second-order valence-corrected chi connectivity index (χ2v) is 3.79. The van der Waals surface area contributed by atoms with Crippen molar-refractivity contribution in [3.05, 3.63) is 59.7 Å². The van der Waals surface area contributed by atoms with Crippen LogP contribution < -0.4 is 0 Å². The summed E-state index contributed by atoms with van der Waals surface area (Å²) in [5, 5.41) is -0.817. The SMILES string of the molecule is O=C(Cl)c1cc(F)ccc1-c1ccccc1F. The molecule has 2 aromatic rings. The van der Waals surface area contributed by atoms with Crippen molar-refractivity contribution >= 4 is 16.8 Å². The largest absolute Gasteiger partial charge is 0.276 e. The standard InChI is InChI=1S/C13H7ClF2O/c14-13(17)11-7-8(15)5-6-9(11)10-3-1-2-4-12(10)16/h1-7H. The summed E-state index contributed by atoms with van der Waals surface area (Å²) in [5.74, 6) is -1.08. The molecule has 0 bridgehead atoms. The first kappa shape index (κ1) is 11.7. The van der Waals surface area contributed by atoms with Crippen molar-refractivity contribution in [2.24, 2.45) is 0 Å². The molecular formula is C13H7ClF2O. The molecule has 1 nitrogen and oxygen atoms in total. The van der Waals surface area contributed by atoms with Crippen molar-refractivity contribution in [2.45, 2.75) is 0 Å². The van der Waals surface area contributed by atoms with Crippen molar-refractivity contribution in [3.63, 3.8) is 0 Å². The van der Waals surface area contributed by atoms with Gasteiger partial charge in [0.2, 0.25) is 0 Å². The molecule has 17 heavy (non-hydrogen) atoms. The van der Waals surface area contributed by atoms with Crippen LogP contribution in [0.25, 0.3) is 11.1 Å². The van der Waals surface area contributed by atoms with Crippen LogP contribution >= 0.6 is 11.6 Å². The third-order valence-corrected chi connectivity index (χ3v) is 2.56. The smallest absolute Gasteiger partial charge is 0.253 e. The fourth-order valence-electron chi connectivity index (χ4n) is 1.59. The van der Waals surface area contributed by atoms with Gasteiger partial charge in [-0.25, -0.2) is 8.78 Å². The summed E-state index contributed by atoms with van der Waals surface area (Å²) in [6, 6.07) is 9.42. The van der Waals surface area contributed by atoms with E-state index < -0.39 is 16.9 Å². The van der Waals surface area contributed by atoms with Gasteiger partial charge < -0.3 is 0 Å². The molecule has 0 unspecified atom stereocenters. The van der Waals surface area contributed by atoms with Gasteiger partial charge in [0.25, 0.3) is 5.24 Å². The van der Waals surface area contributed by atoms with Crippen molar-refractivity contribution < 1.29 is 13.6 Å². The molecule has 0 heterocycles. The molecule has 4 heteroatoms. The number of benzene rings is 2. The van der Waals surface area contributed by atoms with Crippen molar-refractivity contribution in [1.82, 2.24) is 0 Å². The van der Waals surface area contributed by atoms with Crippen LogP contribution in [0.1, 0.15) is 10.4 Å². The minimum Gasteiger partial charge on any atom is -0.276 e. The summed E-state index contributed by atoms with van der Waals surface area (Å²) in [7, 11) is 0. The topological polar surface area (TPSA) is 17.1 Å². The summed E-state index contributed by atoms with van der Waals surface area (Å²) >= 11 is 5.35. The lowest BCUT2D eigenvalue weighted by molar-refractivity contribution is 0.108. The van der Waals surface area contributed by atoms with Crippen LogP contribution in [0.5, 0.6) is 0 Å². The summed E-state index contributed by atoms with van der Waals surface area (Å²) < 4.78 is 26.6. The van der Waals surface area contributed by atoms with Gasteiger partial charge >= 0.3 is 0 Å². The van der Waals surface area contributed by atoms with Gasteiger partial charge in [0.05, 0.1) is 0 Å². The minimum atomic E-state index is -0.817. The van der Waals surface area contributed by atoms with E-state index in [9.17, 15) is 13.6 Å². The predicted molar refractivity (Wildman–Crippen MR) is 62.0 cm³/mol. The van der Waals surface area contributed by atoms with Crippen LogP contribution in [-0.2, 0) is 0 Å². The van der Waals surface area contributed by atoms with Crippen LogP contribution in [0, 0.1) is 11.6 Å². The number of carbonyl (C=O) groups is 1. The van der Waals surface area contributed by atoms with Gasteiger partial charge in [-0.15, -0.1) is 0 Å². The van der Waals surface area contributed by atoms with Crippen molar-refractivity contribution in [2.75, 3.05) is 0 Å². The van der Waals surface area contributed by atoms with Crippen LogP contribution in [0.3, 0.4) is 0 Å². The molecule has 86 valence electrons. The van der Waals surface area contributed by atoms with Crippen molar-refractivity contribution in [1.29, 1.82) is 0 Å². The third kappa shape index (κ3) is 2.34. The predicted octanol–water partition coefficient (Wildman–Crippen LogP) is 4.01. The Hall–Kier alpha value is -1.74. The molecule has 0 saturated heterocycles. The molecule has 0 aliphatic heterocycles. The Bertz CT molecular complexity index is 581. The van der Waals surface area contributed by atoms with Gasteiger partial charge in [0, 0.05) is 11.1 Å². The molecule has 0 saturated carbocycles. The molecule has 0 amide bonds. The number of carbonyl (C=O) groups excluding carboxylic acids is 1. The lowest BCUT2D eigenvalue weighted by Crippen LogP contribution is -1.96. The highest BCUT2D eigenvalue weighted by atomic mass is 35.5. The molecular weight excluding hydrogens is 246 g/mol. The Morgan fingerprint density at radius 3 is 2.35 bits per heavy atom. The second-order valence-electron chi connectivity index (χ2n) is 3.44. The summed E-state index contributed by atoms with van der Waals surface area (Å²) in [4.78, 5) is 11.2. The number of halogens is 3. The Morgan fingerprint density at radius 2 is 1.71 bits per heavy atom. The van der Waals surface area contributed by atoms with Gasteiger partial charge in [-0.05, 0) is 35.4 Å². The first-order valence-corrected chi connectivity index (χ1v) is 5.21. The average Bonchev–Trinajstić information content (AvgIpc) is 2.30. The fraction of sp³-hybridized carbons (Fsp3) is 0. The highest BCUT2D eigenvalue weighted by Crippen LogP contribution is 2.27. The van der Waals surface area contributed by atoms with E-state index in [-0.39, 0.29) is 16.7 Å². The lowest BCUT2D eigenvalue weighted by Gasteiger charge is -2.07. The van der Waals surface area contributed by atoms with E-state index in [1.165, 1.54) is 24.3 Å². The quantitative estimate of drug-likeness (QED) is 0.738. The maximum Gasteiger partial charge on any atom is 0.253 e. The zero-order chi connectivity index (χ0) is 12.4. The monoisotopic (exact) mass is 252 g/mol. The zero-order valence-electron chi connectivity index (χ0n) is 8.58. The van der Waals surface area contributed by atoms with Crippen LogP contribution in [-0.4, -0.2) is 5.24 Å². The summed E-state index contributed by atoms with van der Waals surface area (Å²) in [6.45, 7) is 0. The maximum atomic E-state index is 13.6. The Labute approximate surface area is 102 Å². The fourth-order valence-corrected chi connectivity index (χ4v) is 1.75. The van der Waals surface area contributed by atoms with Gasteiger partial charge in [0.15, 0.2) is 0 Å². The first-order chi connectivity index (χ1) is 8.09. The molecule has 0 radical (unpaired) electrons. The maximum absolute atomic E-state index is 13.6. The molecule has 0 atom stereocenters. The van der Waals surface area contributed by atoms with Crippen LogP contribution in [0.2, 0.25) is 0 Å². The molecule has 2 aromatic carbocycles. The zero-order valence-corrected chi connectivity index (χ0v) is 9.34. The summed E-state index contributed by atoms with van der Waals surface area (Å²) in [6.07, 6.45) is 0. The normalized spacial score (nSPS) is 10.3. The van der Waals surface area contributed by atoms with E-state index in [4.69, 9.17) is 11.6 Å². The average molecular weight is 253 g/mol. The molecule has 0 spiro atoms. The Balaban J connectivity index is 2.68. The van der Waals surface area contributed by atoms with E-state index in [1.54, 1.807) is 6.07 Å². The molecule has 0 aliphatic rings. The Kier molecular flexibility index (Phi) is 3.20. The van der Waals surface area contributed by atoms with E-state index in [2.05, 4.69) is 0 Å². The highest BCUT2D eigenvalue weighted by molar-refractivity contribution is 6.68. The number of rotatable bonds is 2. The molecule has 0 N–H and O–H groups in total. The van der Waals surface area contributed by atoms with E-state index >= 15 is 0 Å². The number of hydrogen-bond acceptors (Lipinski definition) is 1. The van der Waals surface area contributed by atoms with Gasteiger partial charge in [0.1, 0.15) is 11.6 Å². The first-order valence-electron chi connectivity index (χ1n) is 4.84. The van der Waals surface area contributed by atoms with E-state index in [0.717, 1.165) is 12.1 Å².